The van der Waals surface area contributed by atoms with Crippen molar-refractivity contribution < 1.29 is 0 Å². The number of hydrogen-bond acceptors (Lipinski definition) is 2. The van der Waals surface area contributed by atoms with Crippen molar-refractivity contribution >= 4 is 5.96 Å². The van der Waals surface area contributed by atoms with Crippen molar-refractivity contribution in [2.24, 2.45) is 10.9 Å². The first-order valence-corrected chi connectivity index (χ1v) is 7.24. The molecule has 1 rings (SSSR count). The molecule has 0 amide bonds. The van der Waals surface area contributed by atoms with Gasteiger partial charge >= 0.3 is 0 Å². The predicted molar refractivity (Wildman–Crippen MR) is 79.1 cm³/mol. The molecular weight excluding hydrogens is 224 g/mol. The maximum Gasteiger partial charge on any atom is 0.191 e. The van der Waals surface area contributed by atoms with Gasteiger partial charge in [-0.1, -0.05) is 13.8 Å². The van der Waals surface area contributed by atoms with Crippen LogP contribution < -0.4 is 10.6 Å². The minimum Gasteiger partial charge on any atom is -0.356 e. The fourth-order valence-electron chi connectivity index (χ4n) is 2.25. The van der Waals surface area contributed by atoms with Gasteiger partial charge in [-0.15, -0.1) is 0 Å². The number of aliphatic imine (C=N–C) groups is 1. The summed E-state index contributed by atoms with van der Waals surface area (Å²) in [6.45, 7) is 12.3. The second-order valence-electron chi connectivity index (χ2n) is 5.90. The van der Waals surface area contributed by atoms with Gasteiger partial charge in [0.2, 0.25) is 0 Å². The van der Waals surface area contributed by atoms with Crippen LogP contribution in [0.3, 0.4) is 0 Å². The second-order valence-corrected chi connectivity index (χ2v) is 5.90. The smallest absolute Gasteiger partial charge is 0.191 e. The molecule has 0 unspecified atom stereocenters. The average Bonchev–Trinajstić information content (AvgIpc) is 2.34. The third-order valence-corrected chi connectivity index (χ3v) is 3.50. The highest BCUT2D eigenvalue weighted by Crippen LogP contribution is 2.12. The van der Waals surface area contributed by atoms with Gasteiger partial charge in [0, 0.05) is 38.8 Å². The summed E-state index contributed by atoms with van der Waals surface area (Å²) in [7, 11) is 1.85. The van der Waals surface area contributed by atoms with E-state index >= 15 is 0 Å². The van der Waals surface area contributed by atoms with Crippen molar-refractivity contribution in [2.45, 2.75) is 52.6 Å². The average molecular weight is 254 g/mol. The molecule has 0 aromatic carbocycles. The van der Waals surface area contributed by atoms with Crippen LogP contribution in [0, 0.1) is 5.92 Å². The summed E-state index contributed by atoms with van der Waals surface area (Å²) in [6.07, 6.45) is 2.42. The van der Waals surface area contributed by atoms with Crippen molar-refractivity contribution in [3.8, 4) is 0 Å². The van der Waals surface area contributed by atoms with Gasteiger partial charge < -0.3 is 15.5 Å². The van der Waals surface area contributed by atoms with Crippen LogP contribution >= 0.6 is 0 Å². The molecule has 0 spiro atoms. The van der Waals surface area contributed by atoms with E-state index in [1.807, 2.05) is 7.05 Å². The van der Waals surface area contributed by atoms with Crippen LogP contribution in [0.4, 0.5) is 0 Å². The maximum atomic E-state index is 4.29. The quantitative estimate of drug-likeness (QED) is 0.592. The highest BCUT2D eigenvalue weighted by atomic mass is 15.2. The van der Waals surface area contributed by atoms with Crippen LogP contribution in [0.5, 0.6) is 0 Å². The highest BCUT2D eigenvalue weighted by Gasteiger charge is 2.21. The molecule has 4 heteroatoms. The molecule has 0 aromatic heterocycles. The lowest BCUT2D eigenvalue weighted by atomic mass is 10.0. The molecule has 1 aliphatic heterocycles. The first-order valence-electron chi connectivity index (χ1n) is 7.24. The molecule has 0 atom stereocenters. The molecule has 18 heavy (non-hydrogen) atoms. The van der Waals surface area contributed by atoms with Gasteiger partial charge in [-0.25, -0.2) is 0 Å². The molecule has 0 radical (unpaired) electrons. The Morgan fingerprint density at radius 3 is 2.28 bits per heavy atom. The third kappa shape index (κ3) is 5.25. The van der Waals surface area contributed by atoms with Crippen LogP contribution in [0.15, 0.2) is 4.99 Å². The molecule has 0 saturated carbocycles. The number of hydrogen-bond donors (Lipinski definition) is 2. The first-order chi connectivity index (χ1) is 8.52. The van der Waals surface area contributed by atoms with Crippen LogP contribution in [0.2, 0.25) is 0 Å². The Balaban J connectivity index is 2.30. The minimum atomic E-state index is 0.568. The van der Waals surface area contributed by atoms with E-state index in [1.54, 1.807) is 0 Å². The molecule has 0 aromatic rings. The molecule has 1 heterocycles. The van der Waals surface area contributed by atoms with Gasteiger partial charge in [-0.3, -0.25) is 4.99 Å². The maximum absolute atomic E-state index is 4.29. The van der Waals surface area contributed by atoms with Gasteiger partial charge in [-0.2, -0.15) is 0 Å². The van der Waals surface area contributed by atoms with E-state index in [-0.39, 0.29) is 0 Å². The van der Waals surface area contributed by atoms with Gasteiger partial charge in [0.05, 0.1) is 0 Å². The molecule has 0 bridgehead atoms. The van der Waals surface area contributed by atoms with Crippen molar-refractivity contribution in [1.82, 2.24) is 15.5 Å². The number of likely N-dealkylation sites (tertiary alicyclic amines) is 1. The summed E-state index contributed by atoms with van der Waals surface area (Å²) in [5, 5.41) is 6.91. The second kappa shape index (κ2) is 7.62. The highest BCUT2D eigenvalue weighted by molar-refractivity contribution is 5.79. The molecule has 2 N–H and O–H groups in total. The number of guanidine groups is 1. The standard InChI is InChI=1S/C14H30N4/c1-11(2)10-16-14(15-5)17-13-6-8-18(9-7-13)12(3)4/h11-13H,6-10H2,1-5H3,(H2,15,16,17). The van der Waals surface area contributed by atoms with Crippen LogP contribution in [0.25, 0.3) is 0 Å². The molecule has 106 valence electrons. The van der Waals surface area contributed by atoms with Gasteiger partial charge in [-0.05, 0) is 32.6 Å². The fraction of sp³-hybridized carbons (Fsp3) is 0.929. The van der Waals surface area contributed by atoms with Crippen LogP contribution in [-0.4, -0.2) is 49.6 Å². The van der Waals surface area contributed by atoms with E-state index in [4.69, 9.17) is 0 Å². The third-order valence-electron chi connectivity index (χ3n) is 3.50. The summed E-state index contributed by atoms with van der Waals surface area (Å²) < 4.78 is 0. The molecule has 1 fully saturated rings. The Bertz CT molecular complexity index is 253. The zero-order valence-corrected chi connectivity index (χ0v) is 12.7. The summed E-state index contributed by atoms with van der Waals surface area (Å²) >= 11 is 0. The largest absolute Gasteiger partial charge is 0.356 e. The zero-order valence-electron chi connectivity index (χ0n) is 12.7. The topological polar surface area (TPSA) is 39.7 Å². The summed E-state index contributed by atoms with van der Waals surface area (Å²) in [6, 6.07) is 1.24. The summed E-state index contributed by atoms with van der Waals surface area (Å²) in [5.41, 5.74) is 0. The van der Waals surface area contributed by atoms with E-state index in [1.165, 1.54) is 25.9 Å². The Labute approximate surface area is 112 Å². The van der Waals surface area contributed by atoms with Crippen molar-refractivity contribution in [1.29, 1.82) is 0 Å². The van der Waals surface area contributed by atoms with Gasteiger partial charge in [0.15, 0.2) is 5.96 Å². The molecule has 0 aliphatic carbocycles. The summed E-state index contributed by atoms with van der Waals surface area (Å²) in [4.78, 5) is 6.83. The SMILES string of the molecule is CN=C(NCC(C)C)NC1CCN(C(C)C)CC1. The lowest BCUT2D eigenvalue weighted by Crippen LogP contribution is -2.50. The minimum absolute atomic E-state index is 0.568. The van der Waals surface area contributed by atoms with Crippen LogP contribution in [-0.2, 0) is 0 Å². The lowest BCUT2D eigenvalue weighted by Gasteiger charge is -2.35. The van der Waals surface area contributed by atoms with E-state index in [9.17, 15) is 0 Å². The Morgan fingerprint density at radius 2 is 1.83 bits per heavy atom. The van der Waals surface area contributed by atoms with Gasteiger partial charge in [0.1, 0.15) is 0 Å². The van der Waals surface area contributed by atoms with Crippen molar-refractivity contribution in [3.05, 3.63) is 0 Å². The Morgan fingerprint density at radius 1 is 1.22 bits per heavy atom. The molecular formula is C14H30N4. The van der Waals surface area contributed by atoms with E-state index in [0.717, 1.165) is 12.5 Å². The number of piperidine rings is 1. The lowest BCUT2D eigenvalue weighted by molar-refractivity contribution is 0.167. The predicted octanol–water partition coefficient (Wildman–Crippen LogP) is 1.68. The van der Waals surface area contributed by atoms with Crippen molar-refractivity contribution in [2.75, 3.05) is 26.7 Å². The molecule has 4 nitrogen and oxygen atoms in total. The molecule has 1 aliphatic rings. The summed E-state index contributed by atoms with van der Waals surface area (Å²) in [5.74, 6) is 1.60. The molecule has 1 saturated heterocycles. The van der Waals surface area contributed by atoms with Crippen molar-refractivity contribution in [3.63, 3.8) is 0 Å². The normalized spacial score (nSPS) is 19.6. The monoisotopic (exact) mass is 254 g/mol. The zero-order chi connectivity index (χ0) is 13.5. The van der Waals surface area contributed by atoms with E-state index in [2.05, 4.69) is 48.2 Å². The van der Waals surface area contributed by atoms with Gasteiger partial charge in [0.25, 0.3) is 0 Å². The van der Waals surface area contributed by atoms with Crippen LogP contribution in [0.1, 0.15) is 40.5 Å². The number of nitrogens with one attached hydrogen (secondary N) is 2. The Kier molecular flexibility index (Phi) is 6.47. The van der Waals surface area contributed by atoms with E-state index in [0.29, 0.717) is 18.0 Å². The number of rotatable bonds is 4. The number of nitrogens with zero attached hydrogens (tertiary/aromatic N) is 2. The first kappa shape index (κ1) is 15.3. The fourth-order valence-corrected chi connectivity index (χ4v) is 2.25. The van der Waals surface area contributed by atoms with E-state index < -0.39 is 0 Å². The Hall–Kier alpha value is -0.770.